The van der Waals surface area contributed by atoms with Crippen LogP contribution >= 0.6 is 15.9 Å². The quantitative estimate of drug-likeness (QED) is 0.853. The van der Waals surface area contributed by atoms with Crippen LogP contribution in [0.15, 0.2) is 22.7 Å². The maximum absolute atomic E-state index is 13.3. The summed E-state index contributed by atoms with van der Waals surface area (Å²) in [6.07, 6.45) is -1.07. The van der Waals surface area contributed by atoms with Gasteiger partial charge in [-0.3, -0.25) is 0 Å². The molecule has 0 bridgehead atoms. The molecule has 2 aliphatic rings. The van der Waals surface area contributed by atoms with Gasteiger partial charge in [0.2, 0.25) is 0 Å². The molecule has 0 spiro atoms. The topological polar surface area (TPSA) is 15.3 Å². The van der Waals surface area contributed by atoms with Gasteiger partial charge in [-0.05, 0) is 49.9 Å². The van der Waals surface area contributed by atoms with Gasteiger partial charge in [0.25, 0.3) is 0 Å². The molecule has 1 heterocycles. The molecule has 6 heteroatoms. The van der Waals surface area contributed by atoms with Crippen molar-refractivity contribution in [3.8, 4) is 0 Å². The second-order valence-electron chi connectivity index (χ2n) is 5.86. The highest BCUT2D eigenvalue weighted by Gasteiger charge is 2.37. The largest absolute Gasteiger partial charge is 0.418 e. The van der Waals surface area contributed by atoms with Crippen LogP contribution in [-0.2, 0) is 6.18 Å². The summed E-state index contributed by atoms with van der Waals surface area (Å²) in [6.45, 7) is 2.21. The lowest BCUT2D eigenvalue weighted by molar-refractivity contribution is -0.137. The molecule has 1 aliphatic carbocycles. The van der Waals surface area contributed by atoms with Crippen molar-refractivity contribution in [2.45, 2.75) is 31.5 Å². The van der Waals surface area contributed by atoms with Crippen molar-refractivity contribution in [1.29, 1.82) is 0 Å². The number of benzene rings is 1. The first-order valence-corrected chi connectivity index (χ1v) is 8.09. The average Bonchev–Trinajstić information content (AvgIpc) is 3.24. The van der Waals surface area contributed by atoms with E-state index in [1.165, 1.54) is 18.9 Å². The number of anilines is 1. The van der Waals surface area contributed by atoms with E-state index in [9.17, 15) is 13.2 Å². The van der Waals surface area contributed by atoms with Crippen molar-refractivity contribution in [2.75, 3.05) is 24.5 Å². The first-order valence-electron chi connectivity index (χ1n) is 7.30. The Kier molecular flexibility index (Phi) is 4.19. The van der Waals surface area contributed by atoms with Crippen molar-refractivity contribution >= 4 is 21.6 Å². The predicted octanol–water partition coefficient (Wildman–Crippen LogP) is 4.05. The second kappa shape index (κ2) is 5.80. The molecule has 2 fully saturated rings. The van der Waals surface area contributed by atoms with Gasteiger partial charge < -0.3 is 10.2 Å². The van der Waals surface area contributed by atoms with Crippen molar-refractivity contribution < 1.29 is 13.2 Å². The lowest BCUT2D eigenvalue weighted by Crippen LogP contribution is -2.39. The maximum Gasteiger partial charge on any atom is 0.418 e. The minimum Gasteiger partial charge on any atom is -0.369 e. The van der Waals surface area contributed by atoms with E-state index in [0.717, 1.165) is 13.0 Å². The molecule has 1 aromatic carbocycles. The molecule has 1 N–H and O–H groups in total. The van der Waals surface area contributed by atoms with Crippen LogP contribution in [0.2, 0.25) is 0 Å². The fourth-order valence-corrected chi connectivity index (χ4v) is 3.36. The average molecular weight is 363 g/mol. The first-order chi connectivity index (χ1) is 9.95. The van der Waals surface area contributed by atoms with E-state index in [0.29, 0.717) is 35.2 Å². The van der Waals surface area contributed by atoms with Gasteiger partial charge in [-0.15, -0.1) is 0 Å². The van der Waals surface area contributed by atoms with Gasteiger partial charge in [-0.1, -0.05) is 15.9 Å². The zero-order valence-corrected chi connectivity index (χ0v) is 13.2. The van der Waals surface area contributed by atoms with Crippen LogP contribution in [-0.4, -0.2) is 25.7 Å². The Hall–Kier alpha value is -0.750. The van der Waals surface area contributed by atoms with E-state index in [1.807, 2.05) is 4.90 Å². The van der Waals surface area contributed by atoms with E-state index in [2.05, 4.69) is 21.2 Å². The highest BCUT2D eigenvalue weighted by atomic mass is 79.9. The van der Waals surface area contributed by atoms with Gasteiger partial charge in [0.05, 0.1) is 5.56 Å². The Morgan fingerprint density at radius 3 is 2.67 bits per heavy atom. The molecule has 1 atom stereocenters. The van der Waals surface area contributed by atoms with E-state index in [-0.39, 0.29) is 0 Å². The number of nitrogens with zero attached hydrogens (tertiary/aromatic N) is 1. The van der Waals surface area contributed by atoms with Crippen LogP contribution in [0.1, 0.15) is 24.8 Å². The molecule has 1 saturated carbocycles. The van der Waals surface area contributed by atoms with Gasteiger partial charge in [-0.25, -0.2) is 0 Å². The summed E-state index contributed by atoms with van der Waals surface area (Å²) in [5.41, 5.74) is -0.242. The highest BCUT2D eigenvalue weighted by molar-refractivity contribution is 9.10. The van der Waals surface area contributed by atoms with E-state index < -0.39 is 11.7 Å². The van der Waals surface area contributed by atoms with Crippen LogP contribution in [0.25, 0.3) is 0 Å². The number of hydrogen-bond acceptors (Lipinski definition) is 2. The molecular formula is C15H18BrF3N2. The molecule has 1 saturated heterocycles. The molecule has 0 radical (unpaired) electrons. The molecule has 1 aliphatic heterocycles. The van der Waals surface area contributed by atoms with E-state index in [1.54, 1.807) is 12.1 Å². The molecule has 116 valence electrons. The monoisotopic (exact) mass is 362 g/mol. The molecule has 2 nitrogen and oxygen atoms in total. The summed E-state index contributed by atoms with van der Waals surface area (Å²) in [5.74, 6) is 0.635. The maximum atomic E-state index is 13.3. The smallest absolute Gasteiger partial charge is 0.369 e. The molecular weight excluding hydrogens is 345 g/mol. The molecule has 0 amide bonds. The molecule has 0 aromatic heterocycles. The fourth-order valence-electron chi connectivity index (χ4n) is 2.99. The van der Waals surface area contributed by atoms with Crippen molar-refractivity contribution in [3.63, 3.8) is 0 Å². The first kappa shape index (κ1) is 15.2. The zero-order valence-electron chi connectivity index (χ0n) is 11.6. The number of rotatable bonds is 2. The Morgan fingerprint density at radius 1 is 1.24 bits per heavy atom. The van der Waals surface area contributed by atoms with Gasteiger partial charge in [-0.2, -0.15) is 13.2 Å². The Labute approximate surface area is 130 Å². The second-order valence-corrected chi connectivity index (χ2v) is 6.77. The number of hydrogen-bond donors (Lipinski definition) is 1. The summed E-state index contributed by atoms with van der Waals surface area (Å²) in [5, 5.41) is 3.48. The van der Waals surface area contributed by atoms with E-state index in [4.69, 9.17) is 0 Å². The summed E-state index contributed by atoms with van der Waals surface area (Å²) in [7, 11) is 0. The zero-order chi connectivity index (χ0) is 15.0. The summed E-state index contributed by atoms with van der Waals surface area (Å²) in [6, 6.07) is 4.77. The minimum absolute atomic E-state index is 0.306. The molecule has 3 rings (SSSR count). The summed E-state index contributed by atoms with van der Waals surface area (Å²) >= 11 is 3.14. The minimum atomic E-state index is -4.33. The van der Waals surface area contributed by atoms with Gasteiger partial charge in [0, 0.05) is 29.3 Å². The van der Waals surface area contributed by atoms with E-state index >= 15 is 0 Å². The summed E-state index contributed by atoms with van der Waals surface area (Å²) in [4.78, 5) is 1.90. The van der Waals surface area contributed by atoms with Gasteiger partial charge >= 0.3 is 6.18 Å². The highest BCUT2D eigenvalue weighted by Crippen LogP contribution is 2.40. The number of nitrogens with one attached hydrogen (secondary N) is 1. The molecule has 1 aromatic rings. The lowest BCUT2D eigenvalue weighted by Gasteiger charge is -2.29. The third-order valence-electron chi connectivity index (χ3n) is 4.22. The van der Waals surface area contributed by atoms with Crippen LogP contribution in [0.3, 0.4) is 0 Å². The SMILES string of the molecule is FC(F)(F)c1cc(Br)ccc1N1CCCNC(C2CC2)C1. The normalized spacial score (nSPS) is 24.0. The van der Waals surface area contributed by atoms with Crippen LogP contribution in [0.5, 0.6) is 0 Å². The predicted molar refractivity (Wildman–Crippen MR) is 80.5 cm³/mol. The standard InChI is InChI=1S/C15H18BrF3N2/c16-11-4-5-14(12(8-11)15(17,18)19)21-7-1-6-20-13(9-21)10-2-3-10/h4-5,8,10,13,20H,1-3,6-7,9H2. The van der Waals surface area contributed by atoms with Gasteiger partial charge in [0.15, 0.2) is 0 Å². The van der Waals surface area contributed by atoms with Gasteiger partial charge in [0.1, 0.15) is 0 Å². The van der Waals surface area contributed by atoms with Crippen LogP contribution < -0.4 is 10.2 Å². The van der Waals surface area contributed by atoms with Crippen molar-refractivity contribution in [3.05, 3.63) is 28.2 Å². The number of halogens is 4. The fraction of sp³-hybridized carbons (Fsp3) is 0.600. The third kappa shape index (κ3) is 3.54. The van der Waals surface area contributed by atoms with Crippen molar-refractivity contribution in [1.82, 2.24) is 5.32 Å². The van der Waals surface area contributed by atoms with Crippen LogP contribution in [0.4, 0.5) is 18.9 Å². The Bertz CT molecular complexity index is 514. The molecule has 21 heavy (non-hydrogen) atoms. The lowest BCUT2D eigenvalue weighted by atomic mass is 10.1. The third-order valence-corrected chi connectivity index (χ3v) is 4.72. The molecule has 1 unspecified atom stereocenters. The Morgan fingerprint density at radius 2 is 2.00 bits per heavy atom. The van der Waals surface area contributed by atoms with Crippen molar-refractivity contribution in [2.24, 2.45) is 5.92 Å². The summed E-state index contributed by atoms with van der Waals surface area (Å²) < 4.78 is 40.3. The Balaban J connectivity index is 1.90. The number of alkyl halides is 3. The van der Waals surface area contributed by atoms with Crippen LogP contribution in [0, 0.1) is 5.92 Å².